The Kier molecular flexibility index (Phi) is 7.36. The lowest BCUT2D eigenvalue weighted by atomic mass is 10.1. The van der Waals surface area contributed by atoms with Crippen LogP contribution in [0.15, 0.2) is 55.2 Å². The minimum atomic E-state index is -0.480. The Bertz CT molecular complexity index is 1260. The number of rotatable bonds is 9. The standard InChI is InChI=1S/C25H28FN9O/c1-18(23-27-14-20(26)15-28-23)30-24-31-22(32-25(33-24)35-9-11-36-12-10-35)13-21-16-34(17-29-21)8-7-19-5-3-2-4-6-19/h2-6,14-18H,7-13H2,1H3,(H,30,31,32,33)/t18-/m0/s1. The summed E-state index contributed by atoms with van der Waals surface area (Å²) < 4.78 is 20.8. The molecule has 0 radical (unpaired) electrons. The first-order chi connectivity index (χ1) is 17.6. The monoisotopic (exact) mass is 489 g/mol. The molecule has 1 aliphatic heterocycles. The van der Waals surface area contributed by atoms with Crippen LogP contribution in [0, 0.1) is 5.82 Å². The molecule has 4 heterocycles. The van der Waals surface area contributed by atoms with Crippen molar-refractivity contribution < 1.29 is 9.13 Å². The summed E-state index contributed by atoms with van der Waals surface area (Å²) in [6, 6.07) is 10.1. The Morgan fingerprint density at radius 3 is 2.58 bits per heavy atom. The van der Waals surface area contributed by atoms with Crippen LogP contribution < -0.4 is 10.2 Å². The molecule has 0 amide bonds. The fraction of sp³-hybridized carbons (Fsp3) is 0.360. The number of hydrogen-bond donors (Lipinski definition) is 1. The fourth-order valence-electron chi connectivity index (χ4n) is 3.94. The molecule has 3 aromatic heterocycles. The number of anilines is 2. The summed E-state index contributed by atoms with van der Waals surface area (Å²) in [6.07, 6.45) is 7.56. The van der Waals surface area contributed by atoms with Gasteiger partial charge in [0, 0.05) is 25.8 Å². The van der Waals surface area contributed by atoms with E-state index in [0.29, 0.717) is 56.3 Å². The SMILES string of the molecule is C[C@H](Nc1nc(Cc2cn(CCc3ccccc3)cn2)nc(N2CCOCC2)n1)c1ncc(F)cn1. The van der Waals surface area contributed by atoms with Gasteiger partial charge in [0.1, 0.15) is 11.6 Å². The van der Waals surface area contributed by atoms with Crippen LogP contribution >= 0.6 is 0 Å². The maximum absolute atomic E-state index is 13.2. The Hall–Kier alpha value is -3.99. The van der Waals surface area contributed by atoms with Gasteiger partial charge in [0.05, 0.1) is 50.1 Å². The van der Waals surface area contributed by atoms with Crippen molar-refractivity contribution in [3.8, 4) is 0 Å². The average molecular weight is 490 g/mol. The number of nitrogens with zero attached hydrogens (tertiary/aromatic N) is 8. The van der Waals surface area contributed by atoms with Crippen molar-refractivity contribution in [2.75, 3.05) is 36.5 Å². The molecular formula is C25H28FN9O. The van der Waals surface area contributed by atoms with E-state index in [1.807, 2.05) is 25.5 Å². The number of hydrogen-bond acceptors (Lipinski definition) is 9. The highest BCUT2D eigenvalue weighted by molar-refractivity contribution is 5.39. The number of imidazole rings is 1. The number of aryl methyl sites for hydroxylation is 2. The van der Waals surface area contributed by atoms with Gasteiger partial charge in [0.15, 0.2) is 5.82 Å². The van der Waals surface area contributed by atoms with Crippen LogP contribution in [0.3, 0.4) is 0 Å². The third kappa shape index (κ3) is 6.16. The molecule has 11 heteroatoms. The van der Waals surface area contributed by atoms with Crippen LogP contribution in [-0.2, 0) is 24.1 Å². The van der Waals surface area contributed by atoms with Crippen LogP contribution in [-0.4, -0.2) is 60.8 Å². The number of morpholine rings is 1. The second-order valence-electron chi connectivity index (χ2n) is 8.62. The molecule has 0 aliphatic carbocycles. The van der Waals surface area contributed by atoms with Crippen LogP contribution in [0.2, 0.25) is 0 Å². The zero-order valence-electron chi connectivity index (χ0n) is 20.1. The van der Waals surface area contributed by atoms with Gasteiger partial charge in [-0.25, -0.2) is 19.3 Å². The maximum Gasteiger partial charge on any atom is 0.230 e. The maximum atomic E-state index is 13.2. The first-order valence-corrected chi connectivity index (χ1v) is 12.0. The Morgan fingerprint density at radius 2 is 1.81 bits per heavy atom. The fourth-order valence-corrected chi connectivity index (χ4v) is 3.94. The van der Waals surface area contributed by atoms with Gasteiger partial charge in [-0.2, -0.15) is 15.0 Å². The van der Waals surface area contributed by atoms with Gasteiger partial charge in [-0.05, 0) is 18.9 Å². The molecule has 1 atom stereocenters. The summed E-state index contributed by atoms with van der Waals surface area (Å²) in [5.74, 6) is 1.57. The van der Waals surface area contributed by atoms with Crippen molar-refractivity contribution in [3.63, 3.8) is 0 Å². The summed E-state index contributed by atoms with van der Waals surface area (Å²) in [6.45, 7) is 5.36. The molecule has 1 aliphatic rings. The molecule has 1 aromatic carbocycles. The van der Waals surface area contributed by atoms with E-state index in [0.717, 1.165) is 31.1 Å². The van der Waals surface area contributed by atoms with E-state index < -0.39 is 5.82 Å². The molecule has 0 unspecified atom stereocenters. The summed E-state index contributed by atoms with van der Waals surface area (Å²) in [7, 11) is 0. The molecule has 10 nitrogen and oxygen atoms in total. The lowest BCUT2D eigenvalue weighted by Gasteiger charge is -2.27. The van der Waals surface area contributed by atoms with Crippen LogP contribution in [0.1, 0.15) is 35.9 Å². The Balaban J connectivity index is 1.32. The van der Waals surface area contributed by atoms with Gasteiger partial charge in [-0.1, -0.05) is 30.3 Å². The lowest BCUT2D eigenvalue weighted by Crippen LogP contribution is -2.37. The molecule has 1 fully saturated rings. The molecule has 1 N–H and O–H groups in total. The Labute approximate surface area is 208 Å². The number of ether oxygens (including phenoxy) is 1. The Morgan fingerprint density at radius 1 is 1.03 bits per heavy atom. The minimum absolute atomic E-state index is 0.324. The molecule has 0 spiro atoms. The smallest absolute Gasteiger partial charge is 0.230 e. The largest absolute Gasteiger partial charge is 0.378 e. The molecule has 4 aromatic rings. The van der Waals surface area contributed by atoms with E-state index in [1.165, 1.54) is 5.56 Å². The van der Waals surface area contributed by atoms with Crippen molar-refractivity contribution >= 4 is 11.9 Å². The molecule has 0 saturated carbocycles. The topological polar surface area (TPSA) is 107 Å². The quantitative estimate of drug-likeness (QED) is 0.380. The predicted molar refractivity (Wildman–Crippen MR) is 132 cm³/mol. The summed E-state index contributed by atoms with van der Waals surface area (Å²) in [5.41, 5.74) is 2.17. The molecule has 0 bridgehead atoms. The first-order valence-electron chi connectivity index (χ1n) is 12.0. The molecular weight excluding hydrogens is 461 g/mol. The van der Waals surface area contributed by atoms with E-state index in [9.17, 15) is 4.39 Å². The predicted octanol–water partition coefficient (Wildman–Crippen LogP) is 2.84. The second kappa shape index (κ2) is 11.2. The number of nitrogens with one attached hydrogen (secondary N) is 1. The van der Waals surface area contributed by atoms with Crippen LogP contribution in [0.25, 0.3) is 0 Å². The van der Waals surface area contributed by atoms with Crippen LogP contribution in [0.4, 0.5) is 16.3 Å². The molecule has 186 valence electrons. The van der Waals surface area contributed by atoms with Crippen molar-refractivity contribution in [3.05, 3.63) is 84.0 Å². The van der Waals surface area contributed by atoms with Crippen molar-refractivity contribution in [2.45, 2.75) is 32.4 Å². The molecule has 1 saturated heterocycles. The number of halogens is 1. The minimum Gasteiger partial charge on any atom is -0.378 e. The van der Waals surface area contributed by atoms with Gasteiger partial charge in [-0.15, -0.1) is 0 Å². The van der Waals surface area contributed by atoms with Crippen molar-refractivity contribution in [2.24, 2.45) is 0 Å². The second-order valence-corrected chi connectivity index (χ2v) is 8.62. The van der Waals surface area contributed by atoms with E-state index in [2.05, 4.69) is 64.0 Å². The summed E-state index contributed by atoms with van der Waals surface area (Å²) in [5, 5.41) is 3.23. The third-order valence-corrected chi connectivity index (χ3v) is 5.86. The van der Waals surface area contributed by atoms with Crippen LogP contribution in [0.5, 0.6) is 0 Å². The van der Waals surface area contributed by atoms with Crippen molar-refractivity contribution in [1.82, 2.24) is 34.5 Å². The highest BCUT2D eigenvalue weighted by Crippen LogP contribution is 2.18. The first kappa shape index (κ1) is 23.7. The third-order valence-electron chi connectivity index (χ3n) is 5.86. The number of aromatic nitrogens is 7. The number of benzene rings is 1. The highest BCUT2D eigenvalue weighted by Gasteiger charge is 2.19. The highest BCUT2D eigenvalue weighted by atomic mass is 19.1. The van der Waals surface area contributed by atoms with Crippen molar-refractivity contribution in [1.29, 1.82) is 0 Å². The van der Waals surface area contributed by atoms with Gasteiger partial charge in [-0.3, -0.25) is 0 Å². The van der Waals surface area contributed by atoms with Gasteiger partial charge >= 0.3 is 0 Å². The van der Waals surface area contributed by atoms with Gasteiger partial charge in [0.2, 0.25) is 11.9 Å². The normalized spacial score (nSPS) is 14.6. The van der Waals surface area contributed by atoms with Gasteiger partial charge < -0.3 is 19.5 Å². The van der Waals surface area contributed by atoms with E-state index in [-0.39, 0.29) is 6.04 Å². The molecule has 5 rings (SSSR count). The van der Waals surface area contributed by atoms with E-state index in [1.54, 1.807) is 0 Å². The lowest BCUT2D eigenvalue weighted by molar-refractivity contribution is 0.122. The zero-order chi connectivity index (χ0) is 24.7. The zero-order valence-corrected chi connectivity index (χ0v) is 20.1. The van der Waals surface area contributed by atoms with E-state index >= 15 is 0 Å². The van der Waals surface area contributed by atoms with Gasteiger partial charge in [0.25, 0.3) is 0 Å². The summed E-state index contributed by atoms with van der Waals surface area (Å²) in [4.78, 5) is 28.8. The summed E-state index contributed by atoms with van der Waals surface area (Å²) >= 11 is 0. The molecule has 36 heavy (non-hydrogen) atoms. The van der Waals surface area contributed by atoms with E-state index in [4.69, 9.17) is 9.72 Å². The average Bonchev–Trinajstić information content (AvgIpc) is 3.36.